The Bertz CT molecular complexity index is 1000. The van der Waals surface area contributed by atoms with Gasteiger partial charge in [0.2, 0.25) is 0 Å². The quantitative estimate of drug-likeness (QED) is 0.561. The highest BCUT2D eigenvalue weighted by molar-refractivity contribution is 5.96. The molecule has 0 radical (unpaired) electrons. The lowest BCUT2D eigenvalue weighted by Gasteiger charge is -2.12. The zero-order valence-corrected chi connectivity index (χ0v) is 16.6. The molecule has 30 heavy (non-hydrogen) atoms. The molecule has 154 valence electrons. The predicted molar refractivity (Wildman–Crippen MR) is 111 cm³/mol. The van der Waals surface area contributed by atoms with Crippen LogP contribution in [0.1, 0.15) is 10.4 Å². The minimum atomic E-state index is -0.613. The van der Waals surface area contributed by atoms with Crippen molar-refractivity contribution >= 4 is 17.6 Å². The van der Waals surface area contributed by atoms with Crippen molar-refractivity contribution < 1.29 is 28.5 Å². The molecule has 0 spiro atoms. The van der Waals surface area contributed by atoms with Gasteiger partial charge in [-0.2, -0.15) is 0 Å². The van der Waals surface area contributed by atoms with Crippen molar-refractivity contribution in [3.05, 3.63) is 78.4 Å². The number of methoxy groups -OCH3 is 2. The number of ether oxygens (including phenoxy) is 4. The standard InChI is InChI=1S/C23H21NO6/c1-27-19-12-13-20(21(14-19)28-2)24-22(25)15-29-23(26)16-8-10-18(11-9-16)30-17-6-4-3-5-7-17/h3-14H,15H2,1-2H3,(H,24,25). The van der Waals surface area contributed by atoms with Gasteiger partial charge in [-0.25, -0.2) is 4.79 Å². The normalized spacial score (nSPS) is 10.1. The highest BCUT2D eigenvalue weighted by Crippen LogP contribution is 2.29. The summed E-state index contributed by atoms with van der Waals surface area (Å²) in [5, 5.41) is 2.64. The largest absolute Gasteiger partial charge is 0.497 e. The molecule has 0 aromatic heterocycles. The first-order valence-electron chi connectivity index (χ1n) is 9.11. The van der Waals surface area contributed by atoms with E-state index in [1.165, 1.54) is 14.2 Å². The lowest BCUT2D eigenvalue weighted by Crippen LogP contribution is -2.21. The van der Waals surface area contributed by atoms with Gasteiger partial charge >= 0.3 is 5.97 Å². The van der Waals surface area contributed by atoms with E-state index in [9.17, 15) is 9.59 Å². The third kappa shape index (κ3) is 5.51. The lowest BCUT2D eigenvalue weighted by molar-refractivity contribution is -0.119. The molecule has 0 bridgehead atoms. The van der Waals surface area contributed by atoms with E-state index in [2.05, 4.69) is 5.32 Å². The van der Waals surface area contributed by atoms with Crippen molar-refractivity contribution in [2.45, 2.75) is 0 Å². The van der Waals surface area contributed by atoms with Crippen LogP contribution >= 0.6 is 0 Å². The number of carbonyl (C=O) groups is 2. The van der Waals surface area contributed by atoms with E-state index in [1.807, 2.05) is 30.3 Å². The minimum Gasteiger partial charge on any atom is -0.497 e. The van der Waals surface area contributed by atoms with Gasteiger partial charge in [0.1, 0.15) is 23.0 Å². The number of para-hydroxylation sites is 1. The second-order valence-electron chi connectivity index (χ2n) is 6.13. The average molecular weight is 407 g/mol. The molecule has 3 aromatic carbocycles. The summed E-state index contributed by atoms with van der Waals surface area (Å²) in [5.74, 6) is 1.20. The van der Waals surface area contributed by atoms with E-state index >= 15 is 0 Å². The van der Waals surface area contributed by atoms with Crippen molar-refractivity contribution in [2.24, 2.45) is 0 Å². The lowest BCUT2D eigenvalue weighted by atomic mass is 10.2. The molecule has 0 saturated carbocycles. The maximum Gasteiger partial charge on any atom is 0.338 e. The van der Waals surface area contributed by atoms with Crippen LogP contribution in [-0.4, -0.2) is 32.7 Å². The number of amides is 1. The molecule has 0 aliphatic carbocycles. The molecule has 0 heterocycles. The maximum absolute atomic E-state index is 12.2. The highest BCUT2D eigenvalue weighted by Gasteiger charge is 2.13. The number of esters is 1. The molecule has 0 atom stereocenters. The van der Waals surface area contributed by atoms with Gasteiger partial charge in [0, 0.05) is 6.07 Å². The molecule has 7 nitrogen and oxygen atoms in total. The van der Waals surface area contributed by atoms with Crippen molar-refractivity contribution in [1.82, 2.24) is 0 Å². The van der Waals surface area contributed by atoms with Crippen LogP contribution in [0.4, 0.5) is 5.69 Å². The molecular weight excluding hydrogens is 386 g/mol. The van der Waals surface area contributed by atoms with Crippen molar-refractivity contribution in [3.8, 4) is 23.0 Å². The van der Waals surface area contributed by atoms with Crippen LogP contribution < -0.4 is 19.5 Å². The van der Waals surface area contributed by atoms with Crippen LogP contribution in [0.15, 0.2) is 72.8 Å². The van der Waals surface area contributed by atoms with Gasteiger partial charge in [0.15, 0.2) is 6.61 Å². The van der Waals surface area contributed by atoms with Gasteiger partial charge in [0.05, 0.1) is 25.5 Å². The summed E-state index contributed by atoms with van der Waals surface area (Å²) < 4.78 is 21.1. The number of nitrogens with one attached hydrogen (secondary N) is 1. The third-order valence-electron chi connectivity index (χ3n) is 4.09. The summed E-state index contributed by atoms with van der Waals surface area (Å²) >= 11 is 0. The Kier molecular flexibility index (Phi) is 6.89. The Hall–Kier alpha value is -4.00. The number of carbonyl (C=O) groups excluding carboxylic acids is 2. The monoisotopic (exact) mass is 407 g/mol. The molecule has 0 unspecified atom stereocenters. The summed E-state index contributed by atoms with van der Waals surface area (Å²) in [4.78, 5) is 24.3. The van der Waals surface area contributed by atoms with Crippen molar-refractivity contribution in [3.63, 3.8) is 0 Å². The summed E-state index contributed by atoms with van der Waals surface area (Å²) in [6.45, 7) is -0.434. The molecule has 0 saturated heterocycles. The number of anilines is 1. The smallest absolute Gasteiger partial charge is 0.338 e. The summed E-state index contributed by atoms with van der Waals surface area (Å²) in [6.07, 6.45) is 0. The molecule has 0 aliphatic heterocycles. The predicted octanol–water partition coefficient (Wildman–Crippen LogP) is 4.29. The van der Waals surface area contributed by atoms with Crippen LogP contribution in [0.25, 0.3) is 0 Å². The number of rotatable bonds is 8. The zero-order valence-electron chi connectivity index (χ0n) is 16.6. The summed E-state index contributed by atoms with van der Waals surface area (Å²) in [7, 11) is 3.02. The minimum absolute atomic E-state index is 0.310. The number of hydrogen-bond donors (Lipinski definition) is 1. The summed E-state index contributed by atoms with van der Waals surface area (Å²) in [5.41, 5.74) is 0.756. The third-order valence-corrected chi connectivity index (χ3v) is 4.09. The van der Waals surface area contributed by atoms with Crippen LogP contribution in [0.2, 0.25) is 0 Å². The van der Waals surface area contributed by atoms with Crippen LogP contribution in [0.3, 0.4) is 0 Å². The van der Waals surface area contributed by atoms with E-state index < -0.39 is 18.5 Å². The molecule has 0 aliphatic rings. The molecule has 3 aromatic rings. The SMILES string of the molecule is COc1ccc(NC(=O)COC(=O)c2ccc(Oc3ccccc3)cc2)c(OC)c1. The van der Waals surface area contributed by atoms with Gasteiger partial charge in [-0.3, -0.25) is 4.79 Å². The fourth-order valence-electron chi connectivity index (χ4n) is 2.59. The first kappa shape index (κ1) is 20.7. The number of hydrogen-bond acceptors (Lipinski definition) is 6. The first-order valence-corrected chi connectivity index (χ1v) is 9.11. The highest BCUT2D eigenvalue weighted by atomic mass is 16.5. The fraction of sp³-hybridized carbons (Fsp3) is 0.130. The maximum atomic E-state index is 12.2. The second kappa shape index (κ2) is 9.97. The van der Waals surface area contributed by atoms with E-state index in [1.54, 1.807) is 42.5 Å². The summed E-state index contributed by atoms with van der Waals surface area (Å²) in [6, 6.07) is 20.7. The Balaban J connectivity index is 1.53. The van der Waals surface area contributed by atoms with E-state index in [0.29, 0.717) is 34.2 Å². The van der Waals surface area contributed by atoms with Crippen LogP contribution in [0, 0.1) is 0 Å². The molecule has 7 heteroatoms. The molecular formula is C23H21NO6. The van der Waals surface area contributed by atoms with Crippen LogP contribution in [0.5, 0.6) is 23.0 Å². The molecule has 3 rings (SSSR count). The van der Waals surface area contributed by atoms with Gasteiger partial charge < -0.3 is 24.3 Å². The molecule has 1 N–H and O–H groups in total. The Morgan fingerprint density at radius 3 is 2.13 bits per heavy atom. The van der Waals surface area contributed by atoms with E-state index in [4.69, 9.17) is 18.9 Å². The van der Waals surface area contributed by atoms with Crippen molar-refractivity contribution in [1.29, 1.82) is 0 Å². The topological polar surface area (TPSA) is 83.1 Å². The van der Waals surface area contributed by atoms with Gasteiger partial charge in [-0.15, -0.1) is 0 Å². The van der Waals surface area contributed by atoms with Gasteiger partial charge in [0.25, 0.3) is 5.91 Å². The molecule has 1 amide bonds. The molecule has 0 fully saturated rings. The Morgan fingerprint density at radius 2 is 1.47 bits per heavy atom. The Labute approximate surface area is 174 Å². The van der Waals surface area contributed by atoms with E-state index in [-0.39, 0.29) is 0 Å². The van der Waals surface area contributed by atoms with Gasteiger partial charge in [-0.05, 0) is 48.5 Å². The van der Waals surface area contributed by atoms with Crippen LogP contribution in [-0.2, 0) is 9.53 Å². The van der Waals surface area contributed by atoms with E-state index in [0.717, 1.165) is 0 Å². The number of benzene rings is 3. The fourth-order valence-corrected chi connectivity index (χ4v) is 2.59. The van der Waals surface area contributed by atoms with Gasteiger partial charge in [-0.1, -0.05) is 18.2 Å². The second-order valence-corrected chi connectivity index (χ2v) is 6.13. The Morgan fingerprint density at radius 1 is 0.800 bits per heavy atom. The first-order chi connectivity index (χ1) is 14.6. The van der Waals surface area contributed by atoms with Crippen molar-refractivity contribution in [2.75, 3.05) is 26.1 Å². The average Bonchev–Trinajstić information content (AvgIpc) is 2.79. The zero-order chi connectivity index (χ0) is 21.3.